The van der Waals surface area contributed by atoms with Gasteiger partial charge in [0, 0.05) is 13.2 Å². The molecule has 2 N–H and O–H groups in total. The molecule has 0 unspecified atom stereocenters. The van der Waals surface area contributed by atoms with E-state index in [0.29, 0.717) is 12.5 Å². The first-order chi connectivity index (χ1) is 3.43. The molecule has 1 fully saturated rings. The van der Waals surface area contributed by atoms with Gasteiger partial charge in [0.25, 0.3) is 0 Å². The van der Waals surface area contributed by atoms with Gasteiger partial charge in [0.05, 0.1) is 0 Å². The van der Waals surface area contributed by atoms with E-state index in [1.165, 1.54) is 0 Å². The Labute approximate surface area is 55.7 Å². The number of nitrogens with one attached hydrogen (secondary N) is 1. The summed E-state index contributed by atoms with van der Waals surface area (Å²) >= 11 is 0. The van der Waals surface area contributed by atoms with Crippen molar-refractivity contribution < 1.29 is 5.11 Å². The predicted octanol–water partition coefficient (Wildman–Crippen LogP) is 0.01000. The molecule has 3 heteroatoms. The van der Waals surface area contributed by atoms with Crippen molar-refractivity contribution in [1.29, 1.82) is 0 Å². The van der Waals surface area contributed by atoms with Gasteiger partial charge in [-0.3, -0.25) is 0 Å². The topological polar surface area (TPSA) is 32.3 Å². The van der Waals surface area contributed by atoms with Crippen LogP contribution < -0.4 is 5.32 Å². The standard InChI is InChI=1S/C5H11NO.ClH/c7-4-5-1-2-6-3-5;/h5-7H,1-4H2;1H/t5-;/m0./s1. The first kappa shape index (κ1) is 8.21. The maximum absolute atomic E-state index is 8.53. The van der Waals surface area contributed by atoms with E-state index in [4.69, 9.17) is 5.11 Å². The molecule has 1 atom stereocenters. The molecule has 0 radical (unpaired) electrons. The Balaban J connectivity index is 0.000000490. The van der Waals surface area contributed by atoms with Crippen molar-refractivity contribution in [3.63, 3.8) is 0 Å². The van der Waals surface area contributed by atoms with E-state index in [0.717, 1.165) is 19.5 Å². The number of aliphatic hydroxyl groups excluding tert-OH is 1. The van der Waals surface area contributed by atoms with Gasteiger partial charge in [-0.2, -0.15) is 0 Å². The van der Waals surface area contributed by atoms with Crippen molar-refractivity contribution in [2.75, 3.05) is 19.7 Å². The molecule has 0 spiro atoms. The first-order valence-electron chi connectivity index (χ1n) is 2.75. The third kappa shape index (κ3) is 1.99. The van der Waals surface area contributed by atoms with Crippen LogP contribution in [0.15, 0.2) is 0 Å². The predicted molar refractivity (Wildman–Crippen MR) is 35.3 cm³/mol. The second kappa shape index (κ2) is 4.13. The Morgan fingerprint density at radius 2 is 2.38 bits per heavy atom. The molecule has 8 heavy (non-hydrogen) atoms. The van der Waals surface area contributed by atoms with Crippen LogP contribution in [-0.2, 0) is 0 Å². The molecular formula is C5H12ClNO. The van der Waals surface area contributed by atoms with Crippen molar-refractivity contribution in [2.24, 2.45) is 5.92 Å². The molecule has 50 valence electrons. The normalized spacial score (nSPS) is 27.4. The average molecular weight is 138 g/mol. The second-order valence-electron chi connectivity index (χ2n) is 2.04. The molecule has 0 aromatic heterocycles. The smallest absolute Gasteiger partial charge is 0.0471 e. The molecule has 1 aliphatic rings. The summed E-state index contributed by atoms with van der Waals surface area (Å²) in [6, 6.07) is 0. The summed E-state index contributed by atoms with van der Waals surface area (Å²) in [4.78, 5) is 0. The highest BCUT2D eigenvalue weighted by atomic mass is 35.5. The zero-order chi connectivity index (χ0) is 5.11. The summed E-state index contributed by atoms with van der Waals surface area (Å²) < 4.78 is 0. The van der Waals surface area contributed by atoms with E-state index in [9.17, 15) is 0 Å². The number of hydrogen-bond acceptors (Lipinski definition) is 2. The van der Waals surface area contributed by atoms with E-state index < -0.39 is 0 Å². The van der Waals surface area contributed by atoms with Gasteiger partial charge < -0.3 is 10.4 Å². The highest BCUT2D eigenvalue weighted by Gasteiger charge is 2.11. The van der Waals surface area contributed by atoms with Crippen LogP contribution in [0.1, 0.15) is 6.42 Å². The fourth-order valence-electron chi connectivity index (χ4n) is 0.870. The van der Waals surface area contributed by atoms with Gasteiger partial charge in [0.2, 0.25) is 0 Å². The van der Waals surface area contributed by atoms with Gasteiger partial charge in [-0.15, -0.1) is 12.4 Å². The molecule has 1 saturated heterocycles. The fourth-order valence-corrected chi connectivity index (χ4v) is 0.870. The summed E-state index contributed by atoms with van der Waals surface area (Å²) in [7, 11) is 0. The maximum atomic E-state index is 8.53. The molecule has 2 nitrogen and oxygen atoms in total. The Hall–Kier alpha value is 0.210. The summed E-state index contributed by atoms with van der Waals surface area (Å²) in [5.41, 5.74) is 0. The van der Waals surface area contributed by atoms with Gasteiger partial charge in [-0.1, -0.05) is 0 Å². The van der Waals surface area contributed by atoms with Crippen LogP contribution in [0.4, 0.5) is 0 Å². The maximum Gasteiger partial charge on any atom is 0.0471 e. The molecule has 0 amide bonds. The van der Waals surface area contributed by atoms with Crippen LogP contribution in [0.5, 0.6) is 0 Å². The van der Waals surface area contributed by atoms with Crippen molar-refractivity contribution in [1.82, 2.24) is 5.32 Å². The Morgan fingerprint density at radius 3 is 2.62 bits per heavy atom. The van der Waals surface area contributed by atoms with Crippen LogP contribution in [0.2, 0.25) is 0 Å². The second-order valence-corrected chi connectivity index (χ2v) is 2.04. The van der Waals surface area contributed by atoms with Gasteiger partial charge in [-0.25, -0.2) is 0 Å². The molecule has 1 heterocycles. The molecule has 1 aliphatic heterocycles. The van der Waals surface area contributed by atoms with E-state index in [1.54, 1.807) is 0 Å². The van der Waals surface area contributed by atoms with Crippen LogP contribution >= 0.6 is 12.4 Å². The minimum absolute atomic E-state index is 0. The van der Waals surface area contributed by atoms with Crippen molar-refractivity contribution >= 4 is 12.4 Å². The van der Waals surface area contributed by atoms with Gasteiger partial charge in [0.15, 0.2) is 0 Å². The number of halogens is 1. The fraction of sp³-hybridized carbons (Fsp3) is 1.00. The summed E-state index contributed by atoms with van der Waals surface area (Å²) in [6.45, 7) is 2.45. The lowest BCUT2D eigenvalue weighted by Gasteiger charge is -1.98. The van der Waals surface area contributed by atoms with E-state index in [-0.39, 0.29) is 12.4 Å². The van der Waals surface area contributed by atoms with Crippen molar-refractivity contribution in [3.05, 3.63) is 0 Å². The molecule has 0 bridgehead atoms. The molecule has 0 aliphatic carbocycles. The molecule has 1 rings (SSSR count). The van der Waals surface area contributed by atoms with E-state index in [1.807, 2.05) is 0 Å². The highest BCUT2D eigenvalue weighted by Crippen LogP contribution is 2.03. The first-order valence-corrected chi connectivity index (χ1v) is 2.75. The van der Waals surface area contributed by atoms with E-state index in [2.05, 4.69) is 5.32 Å². The lowest BCUT2D eigenvalue weighted by Crippen LogP contribution is -2.11. The minimum atomic E-state index is 0. The molecule has 0 saturated carbocycles. The summed E-state index contributed by atoms with van der Waals surface area (Å²) in [5.74, 6) is 0.542. The summed E-state index contributed by atoms with van der Waals surface area (Å²) in [6.07, 6.45) is 1.15. The quantitative estimate of drug-likeness (QED) is 0.534. The van der Waals surface area contributed by atoms with Crippen LogP contribution in [0.25, 0.3) is 0 Å². The lowest BCUT2D eigenvalue weighted by atomic mass is 10.1. The number of rotatable bonds is 1. The largest absolute Gasteiger partial charge is 0.396 e. The Bertz CT molecular complexity index is 54.4. The zero-order valence-electron chi connectivity index (χ0n) is 4.76. The number of hydrogen-bond donors (Lipinski definition) is 2. The molecule has 0 aromatic carbocycles. The van der Waals surface area contributed by atoms with Gasteiger partial charge in [-0.05, 0) is 18.9 Å². The Kier molecular flexibility index (Phi) is 4.23. The van der Waals surface area contributed by atoms with Gasteiger partial charge >= 0.3 is 0 Å². The average Bonchev–Trinajstić information content (AvgIpc) is 2.14. The zero-order valence-corrected chi connectivity index (χ0v) is 5.58. The molecule has 0 aromatic rings. The number of aliphatic hydroxyl groups is 1. The monoisotopic (exact) mass is 137 g/mol. The van der Waals surface area contributed by atoms with Crippen molar-refractivity contribution in [2.45, 2.75) is 6.42 Å². The van der Waals surface area contributed by atoms with E-state index >= 15 is 0 Å². The van der Waals surface area contributed by atoms with Crippen LogP contribution in [-0.4, -0.2) is 24.8 Å². The Morgan fingerprint density at radius 1 is 1.62 bits per heavy atom. The molecular weight excluding hydrogens is 126 g/mol. The summed E-state index contributed by atoms with van der Waals surface area (Å²) in [5, 5.41) is 11.7. The third-order valence-electron chi connectivity index (χ3n) is 1.42. The van der Waals surface area contributed by atoms with Gasteiger partial charge in [0.1, 0.15) is 0 Å². The lowest BCUT2D eigenvalue weighted by molar-refractivity contribution is 0.237. The minimum Gasteiger partial charge on any atom is -0.396 e. The SMILES string of the molecule is Cl.OC[C@H]1CCNC1. The third-order valence-corrected chi connectivity index (χ3v) is 1.42. The van der Waals surface area contributed by atoms with Crippen molar-refractivity contribution in [3.8, 4) is 0 Å². The van der Waals surface area contributed by atoms with Crippen LogP contribution in [0, 0.1) is 5.92 Å². The van der Waals surface area contributed by atoms with Crippen LogP contribution in [0.3, 0.4) is 0 Å². The highest BCUT2D eigenvalue weighted by molar-refractivity contribution is 5.85.